The number of para-hydroxylation sites is 2. The van der Waals surface area contributed by atoms with Crippen LogP contribution in [0.25, 0.3) is 11.0 Å². The molecule has 1 N–H and O–H groups in total. The highest BCUT2D eigenvalue weighted by Crippen LogP contribution is 2.21. The molecular formula is C20H31N3O. The molecule has 1 aromatic heterocycles. The zero-order chi connectivity index (χ0) is 17.2. The Balaban J connectivity index is 1.92. The first-order chi connectivity index (χ1) is 11.8. The fraction of sp³-hybridized carbons (Fsp3) is 0.600. The number of carbonyl (C=O) groups is 1. The molecule has 1 unspecified atom stereocenters. The molecule has 2 aromatic rings. The average Bonchev–Trinajstić information content (AvgIpc) is 2.96. The number of rotatable bonds is 12. The van der Waals surface area contributed by atoms with Gasteiger partial charge in [-0.3, -0.25) is 4.79 Å². The molecule has 1 amide bonds. The highest BCUT2D eigenvalue weighted by molar-refractivity contribution is 5.76. The highest BCUT2D eigenvalue weighted by atomic mass is 16.1. The predicted molar refractivity (Wildman–Crippen MR) is 100.0 cm³/mol. The molecule has 1 heterocycles. The maximum Gasteiger partial charge on any atom is 0.207 e. The summed E-state index contributed by atoms with van der Waals surface area (Å²) in [4.78, 5) is 15.5. The minimum Gasteiger partial charge on any atom is -0.349 e. The predicted octanol–water partition coefficient (Wildman–Crippen LogP) is 4.98. The van der Waals surface area contributed by atoms with Crippen molar-refractivity contribution in [1.29, 1.82) is 0 Å². The number of aromatic nitrogens is 2. The van der Waals surface area contributed by atoms with Crippen molar-refractivity contribution in [3.63, 3.8) is 0 Å². The van der Waals surface area contributed by atoms with E-state index in [0.717, 1.165) is 36.2 Å². The summed E-state index contributed by atoms with van der Waals surface area (Å²) in [6.07, 6.45) is 11.3. The van der Waals surface area contributed by atoms with Gasteiger partial charge in [-0.25, -0.2) is 4.98 Å². The Labute approximate surface area is 145 Å². The molecule has 2 rings (SSSR count). The average molecular weight is 329 g/mol. The highest BCUT2D eigenvalue weighted by Gasteiger charge is 2.15. The summed E-state index contributed by atoms with van der Waals surface area (Å²) in [5.41, 5.74) is 2.17. The first-order valence-electron chi connectivity index (χ1n) is 9.42. The third-order valence-electron chi connectivity index (χ3n) is 4.62. The van der Waals surface area contributed by atoms with Gasteiger partial charge in [-0.05, 0) is 25.5 Å². The molecule has 132 valence electrons. The van der Waals surface area contributed by atoms with Crippen LogP contribution in [-0.4, -0.2) is 16.0 Å². The number of nitrogens with one attached hydrogen (secondary N) is 1. The van der Waals surface area contributed by atoms with Crippen LogP contribution < -0.4 is 5.32 Å². The molecule has 4 nitrogen and oxygen atoms in total. The lowest BCUT2D eigenvalue weighted by Crippen LogP contribution is -2.20. The van der Waals surface area contributed by atoms with Gasteiger partial charge in [0.2, 0.25) is 6.41 Å². The Morgan fingerprint density at radius 1 is 1.08 bits per heavy atom. The van der Waals surface area contributed by atoms with E-state index in [2.05, 4.69) is 28.9 Å². The molecule has 0 aliphatic rings. The molecule has 1 atom stereocenters. The van der Waals surface area contributed by atoms with E-state index in [4.69, 9.17) is 4.98 Å². The van der Waals surface area contributed by atoms with Crippen LogP contribution in [0.5, 0.6) is 0 Å². The van der Waals surface area contributed by atoms with Crippen LogP contribution >= 0.6 is 0 Å². The zero-order valence-corrected chi connectivity index (χ0v) is 15.1. The monoisotopic (exact) mass is 329 g/mol. The van der Waals surface area contributed by atoms with Gasteiger partial charge in [0.1, 0.15) is 5.82 Å². The number of hydrogen-bond acceptors (Lipinski definition) is 2. The lowest BCUT2D eigenvalue weighted by atomic mass is 10.1. The number of aryl methyl sites for hydroxylation is 1. The molecule has 0 bridgehead atoms. The van der Waals surface area contributed by atoms with Crippen molar-refractivity contribution in [2.45, 2.75) is 77.8 Å². The number of benzene rings is 1. The summed E-state index contributed by atoms with van der Waals surface area (Å²) in [6.45, 7) is 5.21. The van der Waals surface area contributed by atoms with E-state index < -0.39 is 0 Å². The second-order valence-corrected chi connectivity index (χ2v) is 6.59. The number of carbonyl (C=O) groups excluding carboxylic acids is 1. The molecule has 0 radical (unpaired) electrons. The molecule has 0 spiro atoms. The standard InChI is InChI=1S/C20H31N3O/c1-3-4-5-6-7-8-9-12-15-23-19-14-11-10-13-18(19)22-20(23)17(2)21-16-24/h10-11,13-14,16-17H,3-9,12,15H2,1-2H3,(H,21,24). The fourth-order valence-corrected chi connectivity index (χ4v) is 3.24. The van der Waals surface area contributed by atoms with Gasteiger partial charge < -0.3 is 9.88 Å². The Hall–Kier alpha value is -1.84. The maximum atomic E-state index is 10.8. The van der Waals surface area contributed by atoms with Crippen LogP contribution in [0, 0.1) is 0 Å². The molecule has 0 fully saturated rings. The Morgan fingerprint density at radius 3 is 2.46 bits per heavy atom. The van der Waals surface area contributed by atoms with Crippen molar-refractivity contribution >= 4 is 17.4 Å². The molecule has 1 aromatic carbocycles. The van der Waals surface area contributed by atoms with E-state index in [0.29, 0.717) is 0 Å². The summed E-state index contributed by atoms with van der Waals surface area (Å²) in [6, 6.07) is 8.15. The van der Waals surface area contributed by atoms with Crippen molar-refractivity contribution in [3.05, 3.63) is 30.1 Å². The lowest BCUT2D eigenvalue weighted by molar-refractivity contribution is -0.110. The largest absolute Gasteiger partial charge is 0.349 e. The van der Waals surface area contributed by atoms with Crippen molar-refractivity contribution in [3.8, 4) is 0 Å². The number of unbranched alkanes of at least 4 members (excludes halogenated alkanes) is 7. The number of hydrogen-bond donors (Lipinski definition) is 1. The summed E-state index contributed by atoms with van der Waals surface area (Å²) < 4.78 is 2.27. The first kappa shape index (κ1) is 18.5. The van der Waals surface area contributed by atoms with Crippen LogP contribution in [0.4, 0.5) is 0 Å². The molecule has 0 saturated carbocycles. The van der Waals surface area contributed by atoms with Crippen LogP contribution in [0.15, 0.2) is 24.3 Å². The van der Waals surface area contributed by atoms with E-state index in [-0.39, 0.29) is 6.04 Å². The van der Waals surface area contributed by atoms with Gasteiger partial charge >= 0.3 is 0 Å². The summed E-state index contributed by atoms with van der Waals surface area (Å²) in [7, 11) is 0. The van der Waals surface area contributed by atoms with Crippen LogP contribution in [0.2, 0.25) is 0 Å². The number of fused-ring (bicyclic) bond motifs is 1. The van der Waals surface area contributed by atoms with E-state index in [9.17, 15) is 4.79 Å². The topological polar surface area (TPSA) is 46.9 Å². The van der Waals surface area contributed by atoms with Gasteiger partial charge in [-0.15, -0.1) is 0 Å². The summed E-state index contributed by atoms with van der Waals surface area (Å²) in [5.74, 6) is 0.950. The number of imidazole rings is 1. The van der Waals surface area contributed by atoms with Crippen LogP contribution in [-0.2, 0) is 11.3 Å². The Bertz CT molecular complexity index is 620. The summed E-state index contributed by atoms with van der Waals surface area (Å²) >= 11 is 0. The molecule has 4 heteroatoms. The first-order valence-corrected chi connectivity index (χ1v) is 9.42. The van der Waals surface area contributed by atoms with Crippen LogP contribution in [0.3, 0.4) is 0 Å². The molecular weight excluding hydrogens is 298 g/mol. The van der Waals surface area contributed by atoms with E-state index in [1.54, 1.807) is 0 Å². The fourth-order valence-electron chi connectivity index (χ4n) is 3.24. The maximum absolute atomic E-state index is 10.8. The van der Waals surface area contributed by atoms with E-state index in [1.165, 1.54) is 44.9 Å². The van der Waals surface area contributed by atoms with Gasteiger partial charge in [-0.1, -0.05) is 64.0 Å². The van der Waals surface area contributed by atoms with Gasteiger partial charge in [-0.2, -0.15) is 0 Å². The second kappa shape index (κ2) is 10.1. The normalized spacial score (nSPS) is 12.4. The third-order valence-corrected chi connectivity index (χ3v) is 4.62. The lowest BCUT2D eigenvalue weighted by Gasteiger charge is -2.14. The third kappa shape index (κ3) is 5.08. The van der Waals surface area contributed by atoms with Crippen molar-refractivity contribution < 1.29 is 4.79 Å². The van der Waals surface area contributed by atoms with Gasteiger partial charge in [0.05, 0.1) is 17.1 Å². The van der Waals surface area contributed by atoms with Gasteiger partial charge in [0, 0.05) is 6.54 Å². The quantitative estimate of drug-likeness (QED) is 0.441. The number of amides is 1. The van der Waals surface area contributed by atoms with Gasteiger partial charge in [0.25, 0.3) is 0 Å². The SMILES string of the molecule is CCCCCCCCCCn1c(C(C)NC=O)nc2ccccc21. The molecule has 0 aliphatic carbocycles. The van der Waals surface area contributed by atoms with Crippen LogP contribution in [0.1, 0.15) is 77.1 Å². The van der Waals surface area contributed by atoms with Gasteiger partial charge in [0.15, 0.2) is 0 Å². The number of nitrogens with zero attached hydrogens (tertiary/aromatic N) is 2. The van der Waals surface area contributed by atoms with Crippen molar-refractivity contribution in [2.24, 2.45) is 0 Å². The van der Waals surface area contributed by atoms with E-state index >= 15 is 0 Å². The van der Waals surface area contributed by atoms with Crippen molar-refractivity contribution in [2.75, 3.05) is 0 Å². The Kier molecular flexibility index (Phi) is 7.80. The van der Waals surface area contributed by atoms with E-state index in [1.807, 2.05) is 19.1 Å². The van der Waals surface area contributed by atoms with Crippen molar-refractivity contribution in [1.82, 2.24) is 14.9 Å². The molecule has 0 aliphatic heterocycles. The minimum absolute atomic E-state index is 0.0658. The second-order valence-electron chi connectivity index (χ2n) is 6.59. The Morgan fingerprint density at radius 2 is 1.75 bits per heavy atom. The smallest absolute Gasteiger partial charge is 0.207 e. The minimum atomic E-state index is -0.0658. The molecule has 24 heavy (non-hydrogen) atoms. The molecule has 0 saturated heterocycles. The zero-order valence-electron chi connectivity index (χ0n) is 15.1. The summed E-state index contributed by atoms with van der Waals surface area (Å²) in [5, 5.41) is 2.83.